The molecule has 2 heteroatoms. The third-order valence-corrected chi connectivity index (χ3v) is 12.4. The molecule has 2 heterocycles. The largest absolute Gasteiger partial charge is 0.452 e. The zero-order chi connectivity index (χ0) is 37.9. The minimum atomic E-state index is 0.794. The molecule has 0 aliphatic heterocycles. The van der Waals surface area contributed by atoms with Gasteiger partial charge in [-0.05, 0) is 124 Å². The molecule has 0 saturated heterocycles. The molecule has 0 spiro atoms. The molecule has 13 rings (SSSR count). The van der Waals surface area contributed by atoms with Gasteiger partial charge in [0, 0.05) is 26.9 Å². The van der Waals surface area contributed by atoms with E-state index in [1.54, 1.807) is 0 Å². The van der Waals surface area contributed by atoms with E-state index < -0.39 is 0 Å². The van der Waals surface area contributed by atoms with Crippen LogP contribution >= 0.6 is 0 Å². The fourth-order valence-corrected chi connectivity index (χ4v) is 9.74. The van der Waals surface area contributed by atoms with Crippen LogP contribution in [0.1, 0.15) is 0 Å². The maximum Gasteiger partial charge on any atom is 0.178 e. The standard InChI is InChI=1S/C56H32O2/c1-2-12-34-30-38(25-21-33(34)11-1)52-42-15-4-6-17-44(42)53(45-18-7-5-16-43(45)52)39-26-23-35-29-37(24-22-36(35)31-39)49-32-50-48-28-27-47-41-14-9-10-20-51(41)57-55(47)56(48)58-54(50)46-19-8-3-13-40(46)49/h1-32H. The lowest BCUT2D eigenvalue weighted by atomic mass is 9.85. The van der Waals surface area contributed by atoms with Crippen LogP contribution in [0, 0.1) is 0 Å². The molecule has 13 aromatic rings. The van der Waals surface area contributed by atoms with Gasteiger partial charge in [0.15, 0.2) is 11.2 Å². The number of hydrogen-bond donors (Lipinski definition) is 0. The second-order valence-corrected chi connectivity index (χ2v) is 15.5. The summed E-state index contributed by atoms with van der Waals surface area (Å²) in [7, 11) is 0. The van der Waals surface area contributed by atoms with Crippen LogP contribution in [0.15, 0.2) is 203 Å². The Hall–Kier alpha value is -7.68. The van der Waals surface area contributed by atoms with Crippen LogP contribution in [-0.4, -0.2) is 0 Å². The number of furan rings is 2. The topological polar surface area (TPSA) is 26.3 Å². The molecule has 0 fully saturated rings. The number of fused-ring (bicyclic) bond motifs is 13. The van der Waals surface area contributed by atoms with Gasteiger partial charge in [-0.1, -0.05) is 152 Å². The predicted molar refractivity (Wildman–Crippen MR) is 245 cm³/mol. The predicted octanol–water partition coefficient (Wildman–Crippen LogP) is 16.3. The van der Waals surface area contributed by atoms with Gasteiger partial charge in [0.25, 0.3) is 0 Å². The number of hydrogen-bond acceptors (Lipinski definition) is 2. The van der Waals surface area contributed by atoms with E-state index in [-0.39, 0.29) is 0 Å². The molecule has 0 N–H and O–H groups in total. The molecule has 0 atom stereocenters. The lowest BCUT2D eigenvalue weighted by molar-refractivity contribution is 0.635. The average molecular weight is 737 g/mol. The Balaban J connectivity index is 0.982. The Bertz CT molecular complexity index is 3800. The summed E-state index contributed by atoms with van der Waals surface area (Å²) >= 11 is 0. The van der Waals surface area contributed by atoms with Gasteiger partial charge in [0.1, 0.15) is 11.2 Å². The van der Waals surface area contributed by atoms with Gasteiger partial charge in [0.05, 0.1) is 0 Å². The second kappa shape index (κ2) is 11.9. The molecule has 0 unspecified atom stereocenters. The summed E-state index contributed by atoms with van der Waals surface area (Å²) in [6.07, 6.45) is 0. The first-order valence-electron chi connectivity index (χ1n) is 19.9. The van der Waals surface area contributed by atoms with E-state index in [1.165, 1.54) is 76.5 Å². The van der Waals surface area contributed by atoms with Crippen LogP contribution in [0.4, 0.5) is 0 Å². The van der Waals surface area contributed by atoms with Crippen molar-refractivity contribution in [2.24, 2.45) is 0 Å². The van der Waals surface area contributed by atoms with Crippen LogP contribution < -0.4 is 0 Å². The highest BCUT2D eigenvalue weighted by atomic mass is 16.4. The number of para-hydroxylation sites is 1. The van der Waals surface area contributed by atoms with E-state index in [0.717, 1.165) is 54.6 Å². The summed E-state index contributed by atoms with van der Waals surface area (Å²) in [6.45, 7) is 0. The highest BCUT2D eigenvalue weighted by Gasteiger charge is 2.20. The Labute approximate surface area is 332 Å². The first kappa shape index (κ1) is 31.5. The Morgan fingerprint density at radius 3 is 1.33 bits per heavy atom. The van der Waals surface area contributed by atoms with Crippen molar-refractivity contribution >= 4 is 97.7 Å². The molecule has 58 heavy (non-hydrogen) atoms. The molecule has 0 amide bonds. The van der Waals surface area contributed by atoms with Crippen LogP contribution in [0.5, 0.6) is 0 Å². The maximum atomic E-state index is 6.74. The van der Waals surface area contributed by atoms with Gasteiger partial charge in [-0.15, -0.1) is 0 Å². The van der Waals surface area contributed by atoms with Crippen LogP contribution in [0.2, 0.25) is 0 Å². The molecular weight excluding hydrogens is 705 g/mol. The summed E-state index contributed by atoms with van der Waals surface area (Å²) in [5.41, 5.74) is 10.7. The second-order valence-electron chi connectivity index (χ2n) is 15.5. The van der Waals surface area contributed by atoms with E-state index >= 15 is 0 Å². The zero-order valence-corrected chi connectivity index (χ0v) is 31.3. The maximum absolute atomic E-state index is 6.74. The molecule has 0 aliphatic carbocycles. The monoisotopic (exact) mass is 736 g/mol. The molecule has 0 bridgehead atoms. The molecule has 268 valence electrons. The molecule has 0 aliphatic rings. The number of benzene rings is 11. The molecule has 0 saturated carbocycles. The number of rotatable bonds is 3. The molecule has 2 nitrogen and oxygen atoms in total. The van der Waals surface area contributed by atoms with Crippen molar-refractivity contribution in [2.45, 2.75) is 0 Å². The Morgan fingerprint density at radius 2 is 0.672 bits per heavy atom. The highest BCUT2D eigenvalue weighted by Crippen LogP contribution is 2.46. The molecule has 2 aromatic heterocycles. The quantitative estimate of drug-likeness (QED) is 0.169. The first-order valence-corrected chi connectivity index (χ1v) is 19.9. The van der Waals surface area contributed by atoms with Gasteiger partial charge in [-0.25, -0.2) is 0 Å². The zero-order valence-electron chi connectivity index (χ0n) is 31.3. The summed E-state index contributed by atoms with van der Waals surface area (Å²) in [6, 6.07) is 70.6. The minimum Gasteiger partial charge on any atom is -0.452 e. The third kappa shape index (κ3) is 4.48. The van der Waals surface area contributed by atoms with Crippen LogP contribution in [-0.2, 0) is 0 Å². The Kier molecular flexibility index (Phi) is 6.47. The van der Waals surface area contributed by atoms with Gasteiger partial charge in [0.2, 0.25) is 0 Å². The van der Waals surface area contributed by atoms with E-state index in [0.29, 0.717) is 0 Å². The van der Waals surface area contributed by atoms with Crippen molar-refractivity contribution in [1.82, 2.24) is 0 Å². The minimum absolute atomic E-state index is 0.794. The lowest BCUT2D eigenvalue weighted by Crippen LogP contribution is -1.91. The molecular formula is C56H32O2. The van der Waals surface area contributed by atoms with Crippen LogP contribution in [0.25, 0.3) is 131 Å². The van der Waals surface area contributed by atoms with Crippen molar-refractivity contribution < 1.29 is 8.83 Å². The summed E-state index contributed by atoms with van der Waals surface area (Å²) < 4.78 is 13.1. The van der Waals surface area contributed by atoms with E-state index in [9.17, 15) is 0 Å². The van der Waals surface area contributed by atoms with E-state index in [4.69, 9.17) is 8.83 Å². The lowest BCUT2D eigenvalue weighted by Gasteiger charge is -2.18. The smallest absolute Gasteiger partial charge is 0.178 e. The van der Waals surface area contributed by atoms with Crippen LogP contribution in [0.3, 0.4) is 0 Å². The summed E-state index contributed by atoms with van der Waals surface area (Å²) in [4.78, 5) is 0. The van der Waals surface area contributed by atoms with Gasteiger partial charge < -0.3 is 8.83 Å². The van der Waals surface area contributed by atoms with Crippen molar-refractivity contribution in [2.75, 3.05) is 0 Å². The normalized spacial score (nSPS) is 12.1. The van der Waals surface area contributed by atoms with Crippen molar-refractivity contribution in [3.05, 3.63) is 194 Å². The van der Waals surface area contributed by atoms with Gasteiger partial charge in [-0.3, -0.25) is 0 Å². The molecule has 0 radical (unpaired) electrons. The summed E-state index contributed by atoms with van der Waals surface area (Å²) in [5.74, 6) is 0. The van der Waals surface area contributed by atoms with Crippen molar-refractivity contribution in [3.63, 3.8) is 0 Å². The fraction of sp³-hybridized carbons (Fsp3) is 0. The first-order chi connectivity index (χ1) is 28.7. The Morgan fingerprint density at radius 1 is 0.241 bits per heavy atom. The van der Waals surface area contributed by atoms with Gasteiger partial charge in [-0.2, -0.15) is 0 Å². The molecule has 11 aromatic carbocycles. The summed E-state index contributed by atoms with van der Waals surface area (Å²) in [5, 5.41) is 16.5. The highest BCUT2D eigenvalue weighted by molar-refractivity contribution is 6.25. The van der Waals surface area contributed by atoms with E-state index in [2.05, 4.69) is 182 Å². The third-order valence-electron chi connectivity index (χ3n) is 12.4. The van der Waals surface area contributed by atoms with Crippen molar-refractivity contribution in [1.29, 1.82) is 0 Å². The van der Waals surface area contributed by atoms with Gasteiger partial charge >= 0.3 is 0 Å². The van der Waals surface area contributed by atoms with Crippen molar-refractivity contribution in [3.8, 4) is 33.4 Å². The van der Waals surface area contributed by atoms with E-state index in [1.807, 2.05) is 12.1 Å². The fourth-order valence-electron chi connectivity index (χ4n) is 9.74. The SMILES string of the molecule is c1ccc2cc(-c3c4ccccc4c(-c4ccc5cc(-c6cc7c8ccc9c%10ccccc%10oc9c8oc7c7ccccc67)ccc5c4)c4ccccc34)ccc2c1. The average Bonchev–Trinajstić information content (AvgIpc) is 3.86.